The summed E-state index contributed by atoms with van der Waals surface area (Å²) in [4.78, 5) is 4.62. The first-order chi connectivity index (χ1) is 9.04. The number of fused-ring (bicyclic) bond motifs is 1. The number of halogens is 1. The molecule has 0 amide bonds. The van der Waals surface area contributed by atoms with Gasteiger partial charge in [0, 0.05) is 17.9 Å². The molecule has 1 N–H and O–H groups in total. The summed E-state index contributed by atoms with van der Waals surface area (Å²) in [5, 5.41) is 3.93. The van der Waals surface area contributed by atoms with Crippen LogP contribution in [-0.4, -0.2) is 11.5 Å². The molecule has 0 fully saturated rings. The van der Waals surface area contributed by atoms with E-state index in [4.69, 9.17) is 0 Å². The monoisotopic (exact) mass is 260 g/mol. The molecule has 1 heterocycles. The van der Waals surface area contributed by atoms with Crippen LogP contribution in [0.2, 0.25) is 0 Å². The van der Waals surface area contributed by atoms with Gasteiger partial charge >= 0.3 is 0 Å². The molecule has 0 aliphatic heterocycles. The smallest absolute Gasteiger partial charge is 0.134 e. The minimum atomic E-state index is -0.206. The number of nitrogens with zero attached hydrogens (tertiary/aromatic N) is 1. The van der Waals surface area contributed by atoms with E-state index in [-0.39, 0.29) is 5.82 Å². The maximum absolute atomic E-state index is 14.1. The second kappa shape index (κ2) is 5.55. The molecule has 1 aromatic carbocycles. The lowest BCUT2D eigenvalue weighted by molar-refractivity contribution is 0.639. The van der Waals surface area contributed by atoms with Gasteiger partial charge < -0.3 is 5.32 Å². The summed E-state index contributed by atoms with van der Waals surface area (Å²) in [6, 6.07) is 5.29. The number of hydrogen-bond acceptors (Lipinski definition) is 2. The van der Waals surface area contributed by atoms with Crippen LogP contribution in [0, 0.1) is 12.7 Å². The molecule has 3 heteroatoms. The molecule has 2 rings (SSSR count). The van der Waals surface area contributed by atoms with E-state index in [1.165, 1.54) is 6.07 Å². The summed E-state index contributed by atoms with van der Waals surface area (Å²) < 4.78 is 14.1. The molecule has 0 radical (unpaired) electrons. The Kier molecular flexibility index (Phi) is 4.03. The van der Waals surface area contributed by atoms with E-state index in [1.807, 2.05) is 13.0 Å². The highest BCUT2D eigenvalue weighted by molar-refractivity contribution is 5.94. The Bertz CT molecular complexity index is 591. The SMILES string of the molecule is CCCNc1cc(C(C)C)nc2c(C)ccc(F)c12. The molecule has 0 spiro atoms. The van der Waals surface area contributed by atoms with Crippen molar-refractivity contribution in [3.63, 3.8) is 0 Å². The summed E-state index contributed by atoms with van der Waals surface area (Å²) in [6.07, 6.45) is 1.01. The Morgan fingerprint density at radius 3 is 2.68 bits per heavy atom. The van der Waals surface area contributed by atoms with Gasteiger partial charge in [-0.1, -0.05) is 26.8 Å². The van der Waals surface area contributed by atoms with Gasteiger partial charge in [0.25, 0.3) is 0 Å². The third kappa shape index (κ3) is 2.70. The van der Waals surface area contributed by atoms with E-state index in [0.29, 0.717) is 11.3 Å². The quantitative estimate of drug-likeness (QED) is 0.867. The first-order valence-corrected chi connectivity index (χ1v) is 6.88. The zero-order valence-corrected chi connectivity index (χ0v) is 12.0. The molecule has 0 atom stereocenters. The van der Waals surface area contributed by atoms with Crippen LogP contribution in [0.1, 0.15) is 44.4 Å². The van der Waals surface area contributed by atoms with Gasteiger partial charge in [-0.05, 0) is 37.0 Å². The highest BCUT2D eigenvalue weighted by atomic mass is 19.1. The van der Waals surface area contributed by atoms with E-state index in [9.17, 15) is 4.39 Å². The standard InChI is InChI=1S/C16H21FN2/c1-5-8-18-14-9-13(10(2)3)19-16-11(4)6-7-12(17)15(14)16/h6-7,9-10H,5,8H2,1-4H3,(H,18,19). The largest absolute Gasteiger partial charge is 0.384 e. The average Bonchev–Trinajstić information content (AvgIpc) is 2.39. The molecule has 0 saturated carbocycles. The molecule has 0 bridgehead atoms. The minimum absolute atomic E-state index is 0.206. The van der Waals surface area contributed by atoms with E-state index in [2.05, 4.69) is 31.1 Å². The maximum atomic E-state index is 14.1. The van der Waals surface area contributed by atoms with Crippen molar-refractivity contribution >= 4 is 16.6 Å². The molecule has 1 aromatic heterocycles. The van der Waals surface area contributed by atoms with Crippen LogP contribution in [0.25, 0.3) is 10.9 Å². The van der Waals surface area contributed by atoms with Crippen molar-refractivity contribution in [2.45, 2.75) is 40.0 Å². The Balaban J connectivity index is 2.70. The van der Waals surface area contributed by atoms with E-state index < -0.39 is 0 Å². The highest BCUT2D eigenvalue weighted by Gasteiger charge is 2.13. The Morgan fingerprint density at radius 1 is 1.32 bits per heavy atom. The first-order valence-electron chi connectivity index (χ1n) is 6.88. The van der Waals surface area contributed by atoms with Crippen molar-refractivity contribution in [3.05, 3.63) is 35.3 Å². The highest BCUT2D eigenvalue weighted by Crippen LogP contribution is 2.30. The van der Waals surface area contributed by atoms with Crippen molar-refractivity contribution in [1.82, 2.24) is 4.98 Å². The molecule has 0 unspecified atom stereocenters. The van der Waals surface area contributed by atoms with Crippen molar-refractivity contribution in [2.24, 2.45) is 0 Å². The van der Waals surface area contributed by atoms with Crippen LogP contribution >= 0.6 is 0 Å². The summed E-state index contributed by atoms with van der Waals surface area (Å²) in [6.45, 7) is 9.12. The van der Waals surface area contributed by atoms with Crippen LogP contribution in [-0.2, 0) is 0 Å². The minimum Gasteiger partial charge on any atom is -0.384 e. The van der Waals surface area contributed by atoms with E-state index in [1.54, 1.807) is 6.07 Å². The van der Waals surface area contributed by atoms with E-state index >= 15 is 0 Å². The van der Waals surface area contributed by atoms with Gasteiger partial charge in [-0.15, -0.1) is 0 Å². The molecule has 0 aliphatic carbocycles. The fraction of sp³-hybridized carbons (Fsp3) is 0.438. The normalized spacial score (nSPS) is 11.3. The molecule has 102 valence electrons. The van der Waals surface area contributed by atoms with Gasteiger partial charge in [-0.25, -0.2) is 4.39 Å². The predicted molar refractivity (Wildman–Crippen MR) is 79.3 cm³/mol. The molecule has 19 heavy (non-hydrogen) atoms. The second-order valence-electron chi connectivity index (χ2n) is 5.26. The molecule has 0 saturated heterocycles. The summed E-state index contributed by atoms with van der Waals surface area (Å²) in [5.74, 6) is 0.122. The third-order valence-corrected chi connectivity index (χ3v) is 3.29. The fourth-order valence-electron chi connectivity index (χ4n) is 2.15. The van der Waals surface area contributed by atoms with Crippen molar-refractivity contribution in [3.8, 4) is 0 Å². The van der Waals surface area contributed by atoms with Crippen molar-refractivity contribution in [1.29, 1.82) is 0 Å². The predicted octanol–water partition coefficient (Wildman–Crippen LogP) is 4.63. The number of pyridine rings is 1. The van der Waals surface area contributed by atoms with Crippen molar-refractivity contribution in [2.75, 3.05) is 11.9 Å². The Labute approximate surface area is 114 Å². The number of hydrogen-bond donors (Lipinski definition) is 1. The third-order valence-electron chi connectivity index (χ3n) is 3.29. The van der Waals surface area contributed by atoms with Gasteiger partial charge in [0.15, 0.2) is 0 Å². The van der Waals surface area contributed by atoms with Gasteiger partial charge in [0.1, 0.15) is 5.82 Å². The molecule has 0 aliphatic rings. The molecular formula is C16H21FN2. The van der Waals surface area contributed by atoms with Crippen LogP contribution in [0.3, 0.4) is 0 Å². The Morgan fingerprint density at radius 2 is 2.05 bits per heavy atom. The lowest BCUT2D eigenvalue weighted by Crippen LogP contribution is -2.05. The van der Waals surface area contributed by atoms with Crippen molar-refractivity contribution < 1.29 is 4.39 Å². The zero-order chi connectivity index (χ0) is 14.0. The van der Waals surface area contributed by atoms with E-state index in [0.717, 1.165) is 35.4 Å². The lowest BCUT2D eigenvalue weighted by Gasteiger charge is -2.15. The molecule has 2 nitrogen and oxygen atoms in total. The second-order valence-corrected chi connectivity index (χ2v) is 5.26. The number of aromatic nitrogens is 1. The fourth-order valence-corrected chi connectivity index (χ4v) is 2.15. The topological polar surface area (TPSA) is 24.9 Å². The molecular weight excluding hydrogens is 239 g/mol. The van der Waals surface area contributed by atoms with Gasteiger partial charge in [0.2, 0.25) is 0 Å². The van der Waals surface area contributed by atoms with Gasteiger partial charge in [0.05, 0.1) is 10.9 Å². The molecule has 2 aromatic rings. The number of nitrogens with one attached hydrogen (secondary N) is 1. The van der Waals surface area contributed by atoms with Gasteiger partial charge in [-0.2, -0.15) is 0 Å². The number of rotatable bonds is 4. The van der Waals surface area contributed by atoms with Crippen LogP contribution in [0.15, 0.2) is 18.2 Å². The number of benzene rings is 1. The summed E-state index contributed by atoms with van der Waals surface area (Å²) in [5.41, 5.74) is 3.64. The average molecular weight is 260 g/mol. The summed E-state index contributed by atoms with van der Waals surface area (Å²) >= 11 is 0. The number of aryl methyl sites for hydroxylation is 1. The zero-order valence-electron chi connectivity index (χ0n) is 12.0. The van der Waals surface area contributed by atoms with Crippen LogP contribution in [0.4, 0.5) is 10.1 Å². The Hall–Kier alpha value is -1.64. The van der Waals surface area contributed by atoms with Gasteiger partial charge in [-0.3, -0.25) is 4.98 Å². The van der Waals surface area contributed by atoms with Crippen LogP contribution in [0.5, 0.6) is 0 Å². The first kappa shape index (κ1) is 13.8. The lowest BCUT2D eigenvalue weighted by atomic mass is 10.0. The van der Waals surface area contributed by atoms with Crippen LogP contribution < -0.4 is 5.32 Å². The maximum Gasteiger partial charge on any atom is 0.134 e. The summed E-state index contributed by atoms with van der Waals surface area (Å²) in [7, 11) is 0. The number of anilines is 1.